The highest BCUT2D eigenvalue weighted by Gasteiger charge is 2.16. The maximum Gasteiger partial charge on any atom is 0.0316 e. The van der Waals surface area contributed by atoms with Crippen molar-refractivity contribution in [2.24, 2.45) is 0 Å². The number of benzene rings is 1. The number of hydrogen-bond donors (Lipinski definition) is 1. The molecule has 1 aromatic carbocycles. The Kier molecular flexibility index (Phi) is 5.71. The van der Waals surface area contributed by atoms with E-state index in [9.17, 15) is 0 Å². The minimum absolute atomic E-state index is 0.823. The molecule has 0 unspecified atom stereocenters. The lowest BCUT2D eigenvalue weighted by molar-refractivity contribution is 0.219. The minimum atomic E-state index is 0.823. The smallest absolute Gasteiger partial charge is 0.0316 e. The van der Waals surface area contributed by atoms with Gasteiger partial charge < -0.3 is 10.6 Å². The Bertz CT molecular complexity index is 367. The van der Waals surface area contributed by atoms with Crippen molar-refractivity contribution in [3.63, 3.8) is 0 Å². The van der Waals surface area contributed by atoms with Crippen LogP contribution in [0.1, 0.15) is 50.5 Å². The van der Waals surface area contributed by atoms with Crippen LogP contribution in [0.25, 0.3) is 0 Å². The summed E-state index contributed by atoms with van der Waals surface area (Å²) in [4.78, 5) is 2.58. The lowest BCUT2D eigenvalue weighted by atomic mass is 10.1. The maximum atomic E-state index is 5.81. The summed E-state index contributed by atoms with van der Waals surface area (Å²) in [7, 11) is 2.30. The number of anilines is 1. The summed E-state index contributed by atoms with van der Waals surface area (Å²) in [5.74, 6) is 0. The van der Waals surface area contributed by atoms with Gasteiger partial charge >= 0.3 is 0 Å². The molecule has 1 fully saturated rings. The second-order valence-corrected chi connectivity index (χ2v) is 5.97. The molecule has 106 valence electrons. The van der Waals surface area contributed by atoms with E-state index in [-0.39, 0.29) is 0 Å². The van der Waals surface area contributed by atoms with Gasteiger partial charge in [0, 0.05) is 11.7 Å². The molecule has 1 aliphatic carbocycles. The van der Waals surface area contributed by atoms with Gasteiger partial charge in [0.25, 0.3) is 0 Å². The largest absolute Gasteiger partial charge is 0.399 e. The molecule has 19 heavy (non-hydrogen) atoms. The fourth-order valence-electron chi connectivity index (χ4n) is 3.16. The molecule has 0 heterocycles. The van der Waals surface area contributed by atoms with Gasteiger partial charge in [-0.25, -0.2) is 0 Å². The number of nitrogen functional groups attached to an aromatic ring is 1. The van der Waals surface area contributed by atoms with E-state index >= 15 is 0 Å². The number of hydrogen-bond acceptors (Lipinski definition) is 2. The van der Waals surface area contributed by atoms with Crippen LogP contribution in [-0.2, 0) is 6.42 Å². The SMILES string of the molecule is CN(CCCc1cccc(N)c1)C1CCCCCC1. The van der Waals surface area contributed by atoms with Gasteiger partial charge in [-0.1, -0.05) is 37.8 Å². The zero-order valence-electron chi connectivity index (χ0n) is 12.3. The van der Waals surface area contributed by atoms with Crippen molar-refractivity contribution in [1.29, 1.82) is 0 Å². The first-order valence-corrected chi connectivity index (χ1v) is 7.80. The van der Waals surface area contributed by atoms with Crippen LogP contribution in [-0.4, -0.2) is 24.5 Å². The zero-order chi connectivity index (χ0) is 13.5. The predicted molar refractivity (Wildman–Crippen MR) is 83.3 cm³/mol. The molecular formula is C17H28N2. The fourth-order valence-corrected chi connectivity index (χ4v) is 3.16. The Morgan fingerprint density at radius 1 is 1.16 bits per heavy atom. The number of rotatable bonds is 5. The third-order valence-corrected chi connectivity index (χ3v) is 4.38. The van der Waals surface area contributed by atoms with E-state index in [2.05, 4.69) is 30.1 Å². The van der Waals surface area contributed by atoms with Gasteiger partial charge in [-0.15, -0.1) is 0 Å². The van der Waals surface area contributed by atoms with Crippen LogP contribution in [0.15, 0.2) is 24.3 Å². The van der Waals surface area contributed by atoms with Crippen LogP contribution in [0.2, 0.25) is 0 Å². The van der Waals surface area contributed by atoms with Crippen molar-refractivity contribution < 1.29 is 0 Å². The average molecular weight is 260 g/mol. The van der Waals surface area contributed by atoms with E-state index in [1.54, 1.807) is 0 Å². The Morgan fingerprint density at radius 3 is 2.58 bits per heavy atom. The maximum absolute atomic E-state index is 5.81. The van der Waals surface area contributed by atoms with Crippen LogP contribution in [0.5, 0.6) is 0 Å². The Morgan fingerprint density at radius 2 is 1.89 bits per heavy atom. The van der Waals surface area contributed by atoms with Gasteiger partial charge in [-0.3, -0.25) is 0 Å². The highest BCUT2D eigenvalue weighted by atomic mass is 15.1. The molecule has 2 rings (SSSR count). The monoisotopic (exact) mass is 260 g/mol. The summed E-state index contributed by atoms with van der Waals surface area (Å²) in [6, 6.07) is 9.12. The van der Waals surface area contributed by atoms with E-state index in [1.165, 1.54) is 57.1 Å². The fraction of sp³-hybridized carbons (Fsp3) is 0.647. The molecule has 0 radical (unpaired) electrons. The second-order valence-electron chi connectivity index (χ2n) is 5.97. The van der Waals surface area contributed by atoms with Crippen molar-refractivity contribution in [2.75, 3.05) is 19.3 Å². The number of nitrogens with two attached hydrogens (primary N) is 1. The summed E-state index contributed by atoms with van der Waals surface area (Å²) in [5.41, 5.74) is 8.07. The van der Waals surface area contributed by atoms with Crippen molar-refractivity contribution in [2.45, 2.75) is 57.4 Å². The van der Waals surface area contributed by atoms with Crippen LogP contribution in [0.4, 0.5) is 5.69 Å². The highest BCUT2D eigenvalue weighted by molar-refractivity contribution is 5.40. The third kappa shape index (κ3) is 4.87. The lowest BCUT2D eigenvalue weighted by Gasteiger charge is -2.27. The second kappa shape index (κ2) is 7.54. The molecule has 0 aliphatic heterocycles. The van der Waals surface area contributed by atoms with Gasteiger partial charge in [-0.05, 0) is 57.0 Å². The van der Waals surface area contributed by atoms with Gasteiger partial charge in [-0.2, -0.15) is 0 Å². The third-order valence-electron chi connectivity index (χ3n) is 4.38. The highest BCUT2D eigenvalue weighted by Crippen LogP contribution is 2.21. The first-order chi connectivity index (χ1) is 9.25. The normalized spacial score (nSPS) is 17.6. The Labute approximate surface area is 118 Å². The minimum Gasteiger partial charge on any atom is -0.399 e. The summed E-state index contributed by atoms with van der Waals surface area (Å²) < 4.78 is 0. The first kappa shape index (κ1) is 14.4. The van der Waals surface area contributed by atoms with Crippen molar-refractivity contribution >= 4 is 5.69 Å². The summed E-state index contributed by atoms with van der Waals surface area (Å²) in [6.45, 7) is 1.21. The van der Waals surface area contributed by atoms with Crippen molar-refractivity contribution in [1.82, 2.24) is 4.90 Å². The van der Waals surface area contributed by atoms with Gasteiger partial charge in [0.15, 0.2) is 0 Å². The van der Waals surface area contributed by atoms with E-state index in [0.717, 1.165) is 18.2 Å². The average Bonchev–Trinajstić information content (AvgIpc) is 2.67. The topological polar surface area (TPSA) is 29.3 Å². The summed E-state index contributed by atoms with van der Waals surface area (Å²) >= 11 is 0. The molecule has 0 aromatic heterocycles. The summed E-state index contributed by atoms with van der Waals surface area (Å²) in [6.07, 6.45) is 10.9. The van der Waals surface area contributed by atoms with Gasteiger partial charge in [0.1, 0.15) is 0 Å². The number of aryl methyl sites for hydroxylation is 1. The molecular weight excluding hydrogens is 232 g/mol. The molecule has 1 saturated carbocycles. The standard InChI is InChI=1S/C17H28N2/c1-19(17-11-4-2-3-5-12-17)13-7-9-15-8-6-10-16(18)14-15/h6,8,10,14,17H,2-5,7,9,11-13,18H2,1H3. The molecule has 2 heteroatoms. The molecule has 2 nitrogen and oxygen atoms in total. The predicted octanol–water partition coefficient (Wildman–Crippen LogP) is 3.86. The Hall–Kier alpha value is -1.02. The van der Waals surface area contributed by atoms with Crippen molar-refractivity contribution in [3.05, 3.63) is 29.8 Å². The van der Waals surface area contributed by atoms with Crippen molar-refractivity contribution in [3.8, 4) is 0 Å². The Balaban J connectivity index is 1.72. The molecule has 0 saturated heterocycles. The van der Waals surface area contributed by atoms with Gasteiger partial charge in [0.05, 0.1) is 0 Å². The molecule has 0 amide bonds. The molecule has 1 aromatic rings. The van der Waals surface area contributed by atoms with Crippen LogP contribution in [0.3, 0.4) is 0 Å². The van der Waals surface area contributed by atoms with Crippen LogP contribution >= 0.6 is 0 Å². The first-order valence-electron chi connectivity index (χ1n) is 7.80. The van der Waals surface area contributed by atoms with E-state index in [1.807, 2.05) is 6.07 Å². The van der Waals surface area contributed by atoms with E-state index < -0.39 is 0 Å². The molecule has 0 spiro atoms. The lowest BCUT2D eigenvalue weighted by Crippen LogP contribution is -2.32. The molecule has 0 bridgehead atoms. The van der Waals surface area contributed by atoms with E-state index in [4.69, 9.17) is 5.73 Å². The summed E-state index contributed by atoms with van der Waals surface area (Å²) in [5, 5.41) is 0. The van der Waals surface area contributed by atoms with Crippen LogP contribution < -0.4 is 5.73 Å². The molecule has 0 atom stereocenters. The van der Waals surface area contributed by atoms with Crippen LogP contribution in [0, 0.1) is 0 Å². The van der Waals surface area contributed by atoms with Gasteiger partial charge in [0.2, 0.25) is 0 Å². The quantitative estimate of drug-likeness (QED) is 0.643. The zero-order valence-corrected chi connectivity index (χ0v) is 12.3. The number of nitrogens with zero attached hydrogens (tertiary/aromatic N) is 1. The molecule has 1 aliphatic rings. The molecule has 2 N–H and O–H groups in total. The van der Waals surface area contributed by atoms with E-state index in [0.29, 0.717) is 0 Å².